The Morgan fingerprint density at radius 3 is 2.68 bits per heavy atom. The number of hydrogen-bond donors (Lipinski definition) is 1. The molecule has 0 aliphatic carbocycles. The lowest BCUT2D eigenvalue weighted by Gasteiger charge is -2.04. The molecule has 1 N–H and O–H groups in total. The molecule has 0 atom stereocenters. The van der Waals surface area contributed by atoms with Crippen LogP contribution in [0.1, 0.15) is 5.56 Å². The third-order valence-electron chi connectivity index (χ3n) is 3.13. The van der Waals surface area contributed by atoms with Gasteiger partial charge in [0.2, 0.25) is 5.91 Å². The number of carbonyl (C=O) groups is 1. The van der Waals surface area contributed by atoms with Gasteiger partial charge in [-0.05, 0) is 22.8 Å². The van der Waals surface area contributed by atoms with Crippen molar-refractivity contribution in [3.05, 3.63) is 58.1 Å². The zero-order valence-electron chi connectivity index (χ0n) is 9.92. The molecular formula is C14H10N2O3. The molecule has 1 heterocycles. The van der Waals surface area contributed by atoms with Crippen molar-refractivity contribution in [2.75, 3.05) is 5.32 Å². The Morgan fingerprint density at radius 2 is 1.89 bits per heavy atom. The van der Waals surface area contributed by atoms with Gasteiger partial charge in [0.25, 0.3) is 5.69 Å². The third kappa shape index (κ3) is 2.06. The zero-order valence-corrected chi connectivity index (χ0v) is 9.92. The number of anilines is 1. The summed E-state index contributed by atoms with van der Waals surface area (Å²) in [5.41, 5.74) is 3.41. The fourth-order valence-electron chi connectivity index (χ4n) is 2.19. The second-order valence-corrected chi connectivity index (χ2v) is 4.40. The van der Waals surface area contributed by atoms with Crippen molar-refractivity contribution in [2.24, 2.45) is 0 Å². The number of nitro benzene ring substituents is 1. The molecule has 2 aromatic carbocycles. The summed E-state index contributed by atoms with van der Waals surface area (Å²) in [5, 5.41) is 13.5. The second kappa shape index (κ2) is 4.20. The number of rotatable bonds is 2. The van der Waals surface area contributed by atoms with Crippen molar-refractivity contribution in [2.45, 2.75) is 6.42 Å². The molecule has 0 radical (unpaired) electrons. The highest BCUT2D eigenvalue weighted by Gasteiger charge is 2.18. The molecule has 1 aliphatic rings. The summed E-state index contributed by atoms with van der Waals surface area (Å²) in [5.74, 6) is -0.0220. The van der Waals surface area contributed by atoms with Gasteiger partial charge in [0.05, 0.1) is 11.3 Å². The largest absolute Gasteiger partial charge is 0.326 e. The summed E-state index contributed by atoms with van der Waals surface area (Å²) < 4.78 is 0. The Hall–Kier alpha value is -2.69. The molecule has 1 aliphatic heterocycles. The first-order chi connectivity index (χ1) is 9.13. The molecule has 0 spiro atoms. The van der Waals surface area contributed by atoms with Crippen molar-refractivity contribution in [1.82, 2.24) is 0 Å². The first kappa shape index (κ1) is 11.4. The monoisotopic (exact) mass is 254 g/mol. The molecule has 3 rings (SSSR count). The molecule has 0 fully saturated rings. The second-order valence-electron chi connectivity index (χ2n) is 4.40. The van der Waals surface area contributed by atoms with Gasteiger partial charge in [-0.1, -0.05) is 24.3 Å². The minimum Gasteiger partial charge on any atom is -0.326 e. The molecule has 1 amide bonds. The summed E-state index contributed by atoms with van der Waals surface area (Å²) in [4.78, 5) is 21.6. The normalized spacial score (nSPS) is 12.9. The number of nitrogens with one attached hydrogen (secondary N) is 1. The van der Waals surface area contributed by atoms with Crippen molar-refractivity contribution in [3.8, 4) is 11.1 Å². The van der Waals surface area contributed by atoms with Gasteiger partial charge in [-0.2, -0.15) is 0 Å². The topological polar surface area (TPSA) is 72.2 Å². The standard InChI is InChI=1S/C14H10N2O3/c17-14-8-11-5-4-10(7-13(11)15-14)9-2-1-3-12(6-9)16(18)19/h1-7H,8H2,(H,15,17). The van der Waals surface area contributed by atoms with E-state index in [0.717, 1.165) is 22.4 Å². The van der Waals surface area contributed by atoms with Crippen LogP contribution in [0.5, 0.6) is 0 Å². The highest BCUT2D eigenvalue weighted by atomic mass is 16.6. The fourth-order valence-corrected chi connectivity index (χ4v) is 2.19. The van der Waals surface area contributed by atoms with Crippen LogP contribution in [-0.4, -0.2) is 10.8 Å². The van der Waals surface area contributed by atoms with Crippen molar-refractivity contribution < 1.29 is 9.72 Å². The minimum atomic E-state index is -0.418. The number of hydrogen-bond acceptors (Lipinski definition) is 3. The van der Waals surface area contributed by atoms with Crippen LogP contribution in [0.15, 0.2) is 42.5 Å². The number of nitrogens with zero attached hydrogens (tertiary/aromatic N) is 1. The number of amides is 1. The van der Waals surface area contributed by atoms with Crippen LogP contribution in [-0.2, 0) is 11.2 Å². The van der Waals surface area contributed by atoms with E-state index in [9.17, 15) is 14.9 Å². The van der Waals surface area contributed by atoms with Gasteiger partial charge < -0.3 is 5.32 Å². The molecule has 0 saturated heterocycles. The molecule has 2 aromatic rings. The van der Waals surface area contributed by atoms with Crippen LogP contribution in [0.3, 0.4) is 0 Å². The maximum atomic E-state index is 11.3. The van der Waals surface area contributed by atoms with Crippen LogP contribution in [0.2, 0.25) is 0 Å². The van der Waals surface area contributed by atoms with E-state index in [4.69, 9.17) is 0 Å². The van der Waals surface area contributed by atoms with Crippen molar-refractivity contribution in [1.29, 1.82) is 0 Å². The van der Waals surface area contributed by atoms with Gasteiger partial charge in [-0.15, -0.1) is 0 Å². The Morgan fingerprint density at radius 1 is 1.11 bits per heavy atom. The van der Waals surface area contributed by atoms with E-state index in [-0.39, 0.29) is 11.6 Å². The summed E-state index contributed by atoms with van der Waals surface area (Å²) in [6.45, 7) is 0. The average molecular weight is 254 g/mol. The average Bonchev–Trinajstić information content (AvgIpc) is 2.77. The maximum absolute atomic E-state index is 11.3. The van der Waals surface area contributed by atoms with Gasteiger partial charge >= 0.3 is 0 Å². The van der Waals surface area contributed by atoms with Crippen molar-refractivity contribution >= 4 is 17.3 Å². The molecule has 0 bridgehead atoms. The Bertz CT molecular complexity index is 695. The first-order valence-electron chi connectivity index (χ1n) is 5.81. The number of nitro groups is 1. The van der Waals surface area contributed by atoms with E-state index in [1.165, 1.54) is 12.1 Å². The van der Waals surface area contributed by atoms with Crippen LogP contribution in [0.4, 0.5) is 11.4 Å². The number of fused-ring (bicyclic) bond motifs is 1. The Balaban J connectivity index is 2.04. The lowest BCUT2D eigenvalue weighted by molar-refractivity contribution is -0.384. The van der Waals surface area contributed by atoms with E-state index in [2.05, 4.69) is 5.32 Å². The first-order valence-corrected chi connectivity index (χ1v) is 5.81. The molecular weight excluding hydrogens is 244 g/mol. The minimum absolute atomic E-state index is 0.0220. The molecule has 5 nitrogen and oxygen atoms in total. The van der Waals surface area contributed by atoms with E-state index >= 15 is 0 Å². The Kier molecular flexibility index (Phi) is 2.52. The smallest absolute Gasteiger partial charge is 0.270 e. The summed E-state index contributed by atoms with van der Waals surface area (Å²) in [7, 11) is 0. The third-order valence-corrected chi connectivity index (χ3v) is 3.13. The predicted molar refractivity (Wildman–Crippen MR) is 70.9 cm³/mol. The fraction of sp³-hybridized carbons (Fsp3) is 0.0714. The van der Waals surface area contributed by atoms with E-state index in [0.29, 0.717) is 6.42 Å². The van der Waals surface area contributed by atoms with Crippen molar-refractivity contribution in [3.63, 3.8) is 0 Å². The van der Waals surface area contributed by atoms with E-state index in [1.54, 1.807) is 6.07 Å². The lowest BCUT2D eigenvalue weighted by Crippen LogP contribution is -2.03. The van der Waals surface area contributed by atoms with Gasteiger partial charge in [-0.3, -0.25) is 14.9 Å². The number of non-ortho nitro benzene ring substituents is 1. The molecule has 19 heavy (non-hydrogen) atoms. The zero-order chi connectivity index (χ0) is 13.4. The summed E-state index contributed by atoms with van der Waals surface area (Å²) in [6.07, 6.45) is 0.393. The van der Waals surface area contributed by atoms with Gasteiger partial charge in [0.1, 0.15) is 0 Å². The quantitative estimate of drug-likeness (QED) is 0.661. The van der Waals surface area contributed by atoms with Crippen LogP contribution < -0.4 is 5.32 Å². The molecule has 0 saturated carbocycles. The summed E-state index contributed by atoms with van der Waals surface area (Å²) >= 11 is 0. The lowest BCUT2D eigenvalue weighted by atomic mass is 10.0. The maximum Gasteiger partial charge on any atom is 0.270 e. The molecule has 0 unspecified atom stereocenters. The van der Waals surface area contributed by atoms with Crippen LogP contribution >= 0.6 is 0 Å². The summed E-state index contributed by atoms with van der Waals surface area (Å²) in [6, 6.07) is 12.0. The molecule has 5 heteroatoms. The number of carbonyl (C=O) groups excluding carboxylic acids is 1. The van der Waals surface area contributed by atoms with Crippen LogP contribution in [0.25, 0.3) is 11.1 Å². The van der Waals surface area contributed by atoms with Gasteiger partial charge in [-0.25, -0.2) is 0 Å². The highest BCUT2D eigenvalue weighted by Crippen LogP contribution is 2.30. The van der Waals surface area contributed by atoms with Gasteiger partial charge in [0.15, 0.2) is 0 Å². The number of benzene rings is 2. The van der Waals surface area contributed by atoms with E-state index < -0.39 is 4.92 Å². The highest BCUT2D eigenvalue weighted by molar-refractivity contribution is 6.00. The Labute approximate surface area is 109 Å². The predicted octanol–water partition coefficient (Wildman–Crippen LogP) is 2.76. The van der Waals surface area contributed by atoms with Gasteiger partial charge in [0, 0.05) is 17.8 Å². The molecule has 0 aromatic heterocycles. The molecule has 94 valence electrons. The van der Waals surface area contributed by atoms with E-state index in [1.807, 2.05) is 24.3 Å². The van der Waals surface area contributed by atoms with Crippen LogP contribution in [0, 0.1) is 10.1 Å². The SMILES string of the molecule is O=C1Cc2ccc(-c3cccc([N+](=O)[O-])c3)cc2N1.